The van der Waals surface area contributed by atoms with Crippen molar-refractivity contribution in [2.24, 2.45) is 0 Å². The first-order valence-electron chi connectivity index (χ1n) is 6.59. The third kappa shape index (κ3) is 3.50. The first-order chi connectivity index (χ1) is 9.99. The van der Waals surface area contributed by atoms with Crippen LogP contribution in [-0.4, -0.2) is 57.6 Å². The summed E-state index contributed by atoms with van der Waals surface area (Å²) in [6.07, 6.45) is 0. The zero-order valence-electron chi connectivity index (χ0n) is 11.7. The predicted molar refractivity (Wildman–Crippen MR) is 74.0 cm³/mol. The molecule has 112 valence electrons. The Kier molecular flexibility index (Phi) is 4.42. The molecule has 0 unspecified atom stereocenters. The molecule has 0 atom stereocenters. The van der Waals surface area contributed by atoms with E-state index in [0.717, 1.165) is 5.56 Å². The second kappa shape index (κ2) is 6.25. The smallest absolute Gasteiger partial charge is 0.339 e. The average molecular weight is 291 g/mol. The lowest BCUT2D eigenvalue weighted by molar-refractivity contribution is -0.148. The molecular weight excluding hydrogens is 274 g/mol. The summed E-state index contributed by atoms with van der Waals surface area (Å²) in [5.74, 6) is -1.31. The molecule has 1 aromatic rings. The van der Waals surface area contributed by atoms with Crippen molar-refractivity contribution in [1.29, 1.82) is 0 Å². The summed E-state index contributed by atoms with van der Waals surface area (Å²) in [4.78, 5) is 36.1. The van der Waals surface area contributed by atoms with Crippen LogP contribution in [0.25, 0.3) is 0 Å². The Bertz CT molecular complexity index is 546. The van der Waals surface area contributed by atoms with Gasteiger partial charge in [-0.2, -0.15) is 0 Å². The molecule has 1 aliphatic heterocycles. The zero-order chi connectivity index (χ0) is 15.4. The van der Waals surface area contributed by atoms with Crippen LogP contribution in [0, 0.1) is 0 Å². The molecule has 1 fully saturated rings. The summed E-state index contributed by atoms with van der Waals surface area (Å²) in [5, 5.41) is 11.5. The Morgan fingerprint density at radius 1 is 1.19 bits per heavy atom. The molecule has 1 heterocycles. The van der Waals surface area contributed by atoms with Gasteiger partial charge in [0.1, 0.15) is 6.54 Å². The number of carboxylic acid groups (broad SMARTS) is 1. The lowest BCUT2D eigenvalue weighted by atomic mass is 10.2. The number of rotatable bonds is 4. The van der Waals surface area contributed by atoms with E-state index in [1.807, 2.05) is 30.3 Å². The summed E-state index contributed by atoms with van der Waals surface area (Å²) < 4.78 is 0. The van der Waals surface area contributed by atoms with Gasteiger partial charge in [0.2, 0.25) is 5.91 Å². The number of hydrazine groups is 1. The molecule has 1 saturated heterocycles. The van der Waals surface area contributed by atoms with Crippen molar-refractivity contribution in [2.45, 2.75) is 13.5 Å². The van der Waals surface area contributed by atoms with Gasteiger partial charge >= 0.3 is 12.0 Å². The third-order valence-corrected chi connectivity index (χ3v) is 3.23. The number of benzene rings is 1. The van der Waals surface area contributed by atoms with Gasteiger partial charge in [-0.15, -0.1) is 0 Å². The normalized spacial score (nSPS) is 15.3. The van der Waals surface area contributed by atoms with Gasteiger partial charge in [-0.25, -0.2) is 14.8 Å². The molecule has 1 aliphatic rings. The van der Waals surface area contributed by atoms with E-state index in [-0.39, 0.29) is 25.5 Å². The van der Waals surface area contributed by atoms with Crippen LogP contribution in [0.4, 0.5) is 4.79 Å². The first-order valence-corrected chi connectivity index (χ1v) is 6.59. The summed E-state index contributed by atoms with van der Waals surface area (Å²) in [7, 11) is 0. The van der Waals surface area contributed by atoms with Crippen LogP contribution in [0.1, 0.15) is 12.5 Å². The Hall–Kier alpha value is -2.57. The van der Waals surface area contributed by atoms with Crippen LogP contribution in [0.5, 0.6) is 0 Å². The quantitative estimate of drug-likeness (QED) is 0.888. The van der Waals surface area contributed by atoms with Crippen molar-refractivity contribution in [3.8, 4) is 0 Å². The number of carboxylic acids is 1. The second-order valence-electron chi connectivity index (χ2n) is 4.78. The highest BCUT2D eigenvalue weighted by Gasteiger charge is 2.34. The van der Waals surface area contributed by atoms with E-state index < -0.39 is 12.0 Å². The lowest BCUT2D eigenvalue weighted by Crippen LogP contribution is -2.61. The lowest BCUT2D eigenvalue weighted by Gasteiger charge is -2.42. The minimum absolute atomic E-state index is 0.218. The molecule has 1 N–H and O–H groups in total. The number of carbonyl (C=O) groups is 3. The molecule has 7 nitrogen and oxygen atoms in total. The summed E-state index contributed by atoms with van der Waals surface area (Å²) in [6, 6.07) is 8.78. The minimum atomic E-state index is -1.07. The fraction of sp³-hybridized carbons (Fsp3) is 0.357. The van der Waals surface area contributed by atoms with Gasteiger partial charge in [0, 0.05) is 13.5 Å². The Morgan fingerprint density at radius 2 is 1.86 bits per heavy atom. The first kappa shape index (κ1) is 14.8. The molecule has 1 aromatic carbocycles. The van der Waals surface area contributed by atoms with E-state index in [4.69, 9.17) is 5.11 Å². The van der Waals surface area contributed by atoms with Crippen LogP contribution < -0.4 is 0 Å². The molecule has 0 aromatic heterocycles. The molecule has 0 radical (unpaired) electrons. The van der Waals surface area contributed by atoms with Crippen molar-refractivity contribution in [3.63, 3.8) is 0 Å². The summed E-state index contributed by atoms with van der Waals surface area (Å²) >= 11 is 0. The number of aliphatic carboxylic acids is 1. The molecule has 3 amide bonds. The maximum atomic E-state index is 12.4. The molecule has 0 aliphatic carbocycles. The van der Waals surface area contributed by atoms with Gasteiger partial charge in [0.15, 0.2) is 0 Å². The van der Waals surface area contributed by atoms with Crippen LogP contribution >= 0.6 is 0 Å². The number of amides is 3. The van der Waals surface area contributed by atoms with Crippen LogP contribution in [0.15, 0.2) is 30.3 Å². The minimum Gasteiger partial charge on any atom is -0.480 e. The number of hydrogen-bond acceptors (Lipinski definition) is 3. The highest BCUT2D eigenvalue weighted by atomic mass is 16.4. The maximum absolute atomic E-state index is 12.4. The van der Waals surface area contributed by atoms with Crippen molar-refractivity contribution < 1.29 is 19.5 Å². The van der Waals surface area contributed by atoms with Crippen LogP contribution in [0.3, 0.4) is 0 Å². The van der Waals surface area contributed by atoms with Crippen molar-refractivity contribution in [1.82, 2.24) is 14.9 Å². The van der Waals surface area contributed by atoms with Crippen LogP contribution in [0.2, 0.25) is 0 Å². The fourth-order valence-corrected chi connectivity index (χ4v) is 2.25. The monoisotopic (exact) mass is 291 g/mol. The summed E-state index contributed by atoms with van der Waals surface area (Å²) in [5.41, 5.74) is 0.870. The number of hydrogen-bond donors (Lipinski definition) is 1. The van der Waals surface area contributed by atoms with Gasteiger partial charge in [0.25, 0.3) is 0 Å². The van der Waals surface area contributed by atoms with Gasteiger partial charge in [-0.05, 0) is 5.56 Å². The van der Waals surface area contributed by atoms with Crippen molar-refractivity contribution in [2.75, 3.05) is 19.6 Å². The average Bonchev–Trinajstić information content (AvgIpc) is 2.43. The van der Waals surface area contributed by atoms with Gasteiger partial charge in [-0.3, -0.25) is 9.59 Å². The van der Waals surface area contributed by atoms with E-state index in [1.165, 1.54) is 21.8 Å². The zero-order valence-corrected chi connectivity index (χ0v) is 11.7. The molecule has 7 heteroatoms. The van der Waals surface area contributed by atoms with Crippen LogP contribution in [-0.2, 0) is 16.1 Å². The Labute approximate surface area is 122 Å². The topological polar surface area (TPSA) is 81.2 Å². The number of carbonyl (C=O) groups excluding carboxylic acids is 2. The molecule has 21 heavy (non-hydrogen) atoms. The number of nitrogens with zero attached hydrogens (tertiary/aromatic N) is 3. The van der Waals surface area contributed by atoms with E-state index in [1.54, 1.807) is 0 Å². The van der Waals surface area contributed by atoms with Gasteiger partial charge in [-0.1, -0.05) is 30.3 Å². The largest absolute Gasteiger partial charge is 0.480 e. The third-order valence-electron chi connectivity index (χ3n) is 3.23. The van der Waals surface area contributed by atoms with Crippen molar-refractivity contribution in [3.05, 3.63) is 35.9 Å². The fourth-order valence-electron chi connectivity index (χ4n) is 2.25. The molecule has 2 rings (SSSR count). The number of urea groups is 1. The summed E-state index contributed by atoms with van der Waals surface area (Å²) in [6.45, 7) is 1.76. The van der Waals surface area contributed by atoms with Crippen molar-refractivity contribution >= 4 is 17.9 Å². The predicted octanol–water partition coefficient (Wildman–Crippen LogP) is 0.772. The standard InChI is InChI=1S/C14H17N3O4/c1-11(18)16-8-7-15(10-13(19)20)14(21)17(16)9-12-5-3-2-4-6-12/h2-6H,7-10H2,1H3,(H,19,20). The molecular formula is C14H17N3O4. The molecule has 0 bridgehead atoms. The van der Waals surface area contributed by atoms with E-state index >= 15 is 0 Å². The SMILES string of the molecule is CC(=O)N1CCN(CC(=O)O)C(=O)N1Cc1ccccc1. The second-order valence-corrected chi connectivity index (χ2v) is 4.78. The highest BCUT2D eigenvalue weighted by Crippen LogP contribution is 2.15. The van der Waals surface area contributed by atoms with Gasteiger partial charge in [0.05, 0.1) is 13.1 Å². The Balaban J connectivity index is 2.19. The maximum Gasteiger partial charge on any atom is 0.339 e. The Morgan fingerprint density at radius 3 is 2.43 bits per heavy atom. The molecule has 0 saturated carbocycles. The van der Waals surface area contributed by atoms with E-state index in [0.29, 0.717) is 6.54 Å². The van der Waals surface area contributed by atoms with E-state index in [9.17, 15) is 14.4 Å². The molecule has 0 spiro atoms. The van der Waals surface area contributed by atoms with E-state index in [2.05, 4.69) is 0 Å². The van der Waals surface area contributed by atoms with Gasteiger partial charge < -0.3 is 10.0 Å². The highest BCUT2D eigenvalue weighted by molar-refractivity contribution is 5.84.